The van der Waals surface area contributed by atoms with Crippen molar-refractivity contribution in [3.63, 3.8) is 0 Å². The molecule has 0 fully saturated rings. The number of benzene rings is 2. The van der Waals surface area contributed by atoms with E-state index in [1.807, 2.05) is 12.1 Å². The molecule has 0 amide bonds. The summed E-state index contributed by atoms with van der Waals surface area (Å²) in [6, 6.07) is 16.8. The molecule has 0 N–H and O–H groups in total. The summed E-state index contributed by atoms with van der Waals surface area (Å²) in [4.78, 5) is 0. The van der Waals surface area contributed by atoms with Crippen LogP contribution in [-0.2, 0) is 0 Å². The van der Waals surface area contributed by atoms with Gasteiger partial charge >= 0.3 is 0 Å². The van der Waals surface area contributed by atoms with Crippen molar-refractivity contribution in [3.05, 3.63) is 66.2 Å². The van der Waals surface area contributed by atoms with Crippen LogP contribution in [0.4, 0.5) is 0 Å². The summed E-state index contributed by atoms with van der Waals surface area (Å²) in [6.07, 6.45) is 1.88. The molecule has 0 saturated carbocycles. The second kappa shape index (κ2) is 4.14. The Kier molecular flexibility index (Phi) is 2.68. The zero-order valence-corrected chi connectivity index (χ0v) is 8.90. The van der Waals surface area contributed by atoms with Crippen LogP contribution in [0.5, 0.6) is 0 Å². The van der Waals surface area contributed by atoms with Crippen LogP contribution in [0.1, 0.15) is 11.1 Å². The van der Waals surface area contributed by atoms with E-state index in [9.17, 15) is 0 Å². The van der Waals surface area contributed by atoms with Crippen molar-refractivity contribution < 1.29 is 0 Å². The molecular weight excluding hydrogens is 180 g/mol. The van der Waals surface area contributed by atoms with Crippen LogP contribution in [0.2, 0.25) is 0 Å². The molecule has 0 aliphatic carbocycles. The first-order valence-corrected chi connectivity index (χ1v) is 5.10. The van der Waals surface area contributed by atoms with Crippen LogP contribution < -0.4 is 0 Å². The van der Waals surface area contributed by atoms with Crippen molar-refractivity contribution in [3.8, 4) is 11.1 Å². The molecule has 0 aliphatic heterocycles. The third-order valence-corrected chi connectivity index (χ3v) is 2.58. The zero-order valence-electron chi connectivity index (χ0n) is 8.90. The van der Waals surface area contributed by atoms with Gasteiger partial charge in [-0.3, -0.25) is 0 Å². The Bertz CT molecular complexity index is 467. The summed E-state index contributed by atoms with van der Waals surface area (Å²) >= 11 is 0. The number of aryl methyl sites for hydroxylation is 1. The molecule has 2 rings (SSSR count). The van der Waals surface area contributed by atoms with E-state index in [0.29, 0.717) is 0 Å². The van der Waals surface area contributed by atoms with Crippen LogP contribution >= 0.6 is 0 Å². The van der Waals surface area contributed by atoms with Crippen LogP contribution in [0.15, 0.2) is 55.1 Å². The molecule has 0 nitrogen and oxygen atoms in total. The third kappa shape index (κ3) is 1.99. The molecule has 0 spiro atoms. The fourth-order valence-corrected chi connectivity index (χ4v) is 1.70. The quantitative estimate of drug-likeness (QED) is 0.668. The van der Waals surface area contributed by atoms with Crippen molar-refractivity contribution in [1.82, 2.24) is 0 Å². The van der Waals surface area contributed by atoms with Crippen LogP contribution in [-0.4, -0.2) is 0 Å². The predicted octanol–water partition coefficient (Wildman–Crippen LogP) is 4.31. The lowest BCUT2D eigenvalue weighted by molar-refractivity contribution is 1.45. The molecule has 74 valence electrons. The minimum atomic E-state index is 1.17. The van der Waals surface area contributed by atoms with Crippen LogP contribution in [0.3, 0.4) is 0 Å². The Morgan fingerprint density at radius 2 is 1.73 bits per heavy atom. The second-order valence-corrected chi connectivity index (χ2v) is 3.64. The van der Waals surface area contributed by atoms with Gasteiger partial charge < -0.3 is 0 Å². The summed E-state index contributed by atoms with van der Waals surface area (Å²) < 4.78 is 0. The Balaban J connectivity index is 2.57. The monoisotopic (exact) mass is 194 g/mol. The zero-order chi connectivity index (χ0) is 10.7. The van der Waals surface area contributed by atoms with Crippen molar-refractivity contribution >= 4 is 6.08 Å². The number of hydrogen-bond acceptors (Lipinski definition) is 0. The largest absolute Gasteiger partial charge is 0.0985 e. The highest BCUT2D eigenvalue weighted by molar-refractivity contribution is 5.70. The van der Waals surface area contributed by atoms with Gasteiger partial charge in [0.2, 0.25) is 0 Å². The predicted molar refractivity (Wildman–Crippen MR) is 66.7 cm³/mol. The number of hydrogen-bond donors (Lipinski definition) is 0. The SMILES string of the molecule is C=Cc1ccc(C)c(-c2ccccc2)c1. The molecule has 0 aliphatic rings. The second-order valence-electron chi connectivity index (χ2n) is 3.64. The minimum absolute atomic E-state index is 1.17. The average Bonchev–Trinajstić information content (AvgIpc) is 2.31. The smallest absolute Gasteiger partial charge is 0.0149 e. The molecule has 0 radical (unpaired) electrons. The molecule has 2 aromatic rings. The van der Waals surface area contributed by atoms with Gasteiger partial charge in [0.05, 0.1) is 0 Å². The maximum absolute atomic E-state index is 3.80. The highest BCUT2D eigenvalue weighted by atomic mass is 14.1. The fraction of sp³-hybridized carbons (Fsp3) is 0.0667. The van der Waals surface area contributed by atoms with Gasteiger partial charge in [0.15, 0.2) is 0 Å². The maximum Gasteiger partial charge on any atom is -0.0149 e. The Morgan fingerprint density at radius 1 is 1.00 bits per heavy atom. The molecule has 0 unspecified atom stereocenters. The van der Waals surface area contributed by atoms with Crippen molar-refractivity contribution in [2.75, 3.05) is 0 Å². The van der Waals surface area contributed by atoms with Gasteiger partial charge in [-0.1, -0.05) is 55.1 Å². The standard InChI is InChI=1S/C15H14/c1-3-13-10-9-12(2)15(11-13)14-7-5-4-6-8-14/h3-11H,1H2,2H3. The third-order valence-electron chi connectivity index (χ3n) is 2.58. The van der Waals surface area contributed by atoms with Gasteiger partial charge in [-0.05, 0) is 35.2 Å². The van der Waals surface area contributed by atoms with E-state index in [1.165, 1.54) is 22.3 Å². The van der Waals surface area contributed by atoms with E-state index in [4.69, 9.17) is 0 Å². The molecule has 0 heteroatoms. The first kappa shape index (κ1) is 9.72. The van der Waals surface area contributed by atoms with Gasteiger partial charge in [-0.15, -0.1) is 0 Å². The Labute approximate surface area is 90.9 Å². The summed E-state index contributed by atoms with van der Waals surface area (Å²) in [6.45, 7) is 5.93. The highest BCUT2D eigenvalue weighted by Crippen LogP contribution is 2.24. The average molecular weight is 194 g/mol. The van der Waals surface area contributed by atoms with E-state index < -0.39 is 0 Å². The molecule has 0 aromatic heterocycles. The molecule has 0 bridgehead atoms. The van der Waals surface area contributed by atoms with Gasteiger partial charge in [-0.2, -0.15) is 0 Å². The van der Waals surface area contributed by atoms with Gasteiger partial charge in [-0.25, -0.2) is 0 Å². The van der Waals surface area contributed by atoms with Gasteiger partial charge in [0.25, 0.3) is 0 Å². The Hall–Kier alpha value is -1.82. The first-order valence-electron chi connectivity index (χ1n) is 5.10. The van der Waals surface area contributed by atoms with Gasteiger partial charge in [0, 0.05) is 0 Å². The topological polar surface area (TPSA) is 0 Å². The summed E-state index contributed by atoms with van der Waals surface area (Å²) in [7, 11) is 0. The van der Waals surface area contributed by atoms with E-state index in [-0.39, 0.29) is 0 Å². The number of rotatable bonds is 2. The van der Waals surface area contributed by atoms with Crippen molar-refractivity contribution in [1.29, 1.82) is 0 Å². The van der Waals surface area contributed by atoms with Crippen molar-refractivity contribution in [2.45, 2.75) is 6.92 Å². The molecule has 2 aromatic carbocycles. The maximum atomic E-state index is 3.80. The van der Waals surface area contributed by atoms with E-state index in [2.05, 4.69) is 56.0 Å². The lowest BCUT2D eigenvalue weighted by Crippen LogP contribution is -1.84. The van der Waals surface area contributed by atoms with Crippen LogP contribution in [0.25, 0.3) is 17.2 Å². The summed E-state index contributed by atoms with van der Waals surface area (Å²) in [5.41, 5.74) is 5.01. The van der Waals surface area contributed by atoms with Crippen molar-refractivity contribution in [2.24, 2.45) is 0 Å². The molecule has 0 atom stereocenters. The highest BCUT2D eigenvalue weighted by Gasteiger charge is 2.00. The summed E-state index contributed by atoms with van der Waals surface area (Å²) in [5, 5.41) is 0. The van der Waals surface area contributed by atoms with E-state index in [0.717, 1.165) is 0 Å². The fourth-order valence-electron chi connectivity index (χ4n) is 1.70. The molecule has 15 heavy (non-hydrogen) atoms. The molecule has 0 saturated heterocycles. The molecular formula is C15H14. The summed E-state index contributed by atoms with van der Waals surface area (Å²) in [5.74, 6) is 0. The lowest BCUT2D eigenvalue weighted by Gasteiger charge is -2.07. The lowest BCUT2D eigenvalue weighted by atomic mass is 9.98. The van der Waals surface area contributed by atoms with Gasteiger partial charge in [0.1, 0.15) is 0 Å². The first-order chi connectivity index (χ1) is 7.31. The minimum Gasteiger partial charge on any atom is -0.0985 e. The van der Waals surface area contributed by atoms with Crippen LogP contribution in [0, 0.1) is 6.92 Å². The van der Waals surface area contributed by atoms with E-state index >= 15 is 0 Å². The Morgan fingerprint density at radius 3 is 2.40 bits per heavy atom. The molecule has 0 heterocycles. The van der Waals surface area contributed by atoms with E-state index in [1.54, 1.807) is 0 Å². The normalized spacial score (nSPS) is 9.93.